The molecule has 0 radical (unpaired) electrons. The first-order valence-electron chi connectivity index (χ1n) is 7.78. The summed E-state index contributed by atoms with van der Waals surface area (Å²) in [7, 11) is 1.53. The molecule has 0 bridgehead atoms. The third-order valence-electron chi connectivity index (χ3n) is 5.52. The lowest BCUT2D eigenvalue weighted by molar-refractivity contribution is -0.153. The summed E-state index contributed by atoms with van der Waals surface area (Å²) in [5.74, 6) is 0.567. The topological polar surface area (TPSA) is 29.5 Å². The molecule has 0 aromatic rings. The van der Waals surface area contributed by atoms with E-state index in [2.05, 4.69) is 17.1 Å². The van der Waals surface area contributed by atoms with Gasteiger partial charge in [-0.15, -0.1) is 0 Å². The predicted molar refractivity (Wildman–Crippen MR) is 74.8 cm³/mol. The van der Waals surface area contributed by atoms with Crippen LogP contribution in [0.25, 0.3) is 0 Å². The Bertz CT molecular complexity index is 373. The first-order chi connectivity index (χ1) is 9.29. The lowest BCUT2D eigenvalue weighted by Gasteiger charge is -2.54. The van der Waals surface area contributed by atoms with Crippen molar-refractivity contribution in [1.82, 2.24) is 4.90 Å². The molecular formula is C16H25NO2. The van der Waals surface area contributed by atoms with E-state index < -0.39 is 0 Å². The number of allylic oxidation sites excluding steroid dienone is 1. The van der Waals surface area contributed by atoms with Crippen LogP contribution in [-0.2, 0) is 9.53 Å². The molecule has 1 saturated carbocycles. The van der Waals surface area contributed by atoms with Gasteiger partial charge in [-0.05, 0) is 51.1 Å². The van der Waals surface area contributed by atoms with Crippen LogP contribution in [0.5, 0.6) is 0 Å². The van der Waals surface area contributed by atoms with Crippen LogP contribution in [0.3, 0.4) is 0 Å². The van der Waals surface area contributed by atoms with Crippen molar-refractivity contribution in [1.29, 1.82) is 0 Å². The van der Waals surface area contributed by atoms with Crippen molar-refractivity contribution in [2.75, 3.05) is 20.2 Å². The number of likely N-dealkylation sites (tertiary alicyclic amines) is 1. The fourth-order valence-electron chi connectivity index (χ4n) is 4.69. The van der Waals surface area contributed by atoms with E-state index in [1.807, 2.05) is 0 Å². The number of hydrogen-bond acceptors (Lipinski definition) is 3. The maximum atomic E-state index is 12.3. The van der Waals surface area contributed by atoms with Crippen molar-refractivity contribution < 1.29 is 9.53 Å². The summed E-state index contributed by atoms with van der Waals surface area (Å²) in [6, 6.07) is 0. The highest BCUT2D eigenvalue weighted by atomic mass is 16.5. The molecule has 3 aliphatic rings. The van der Waals surface area contributed by atoms with Crippen LogP contribution in [0.1, 0.15) is 44.9 Å². The van der Waals surface area contributed by atoms with Gasteiger partial charge in [-0.1, -0.05) is 25.0 Å². The van der Waals surface area contributed by atoms with E-state index in [0.717, 1.165) is 19.5 Å². The van der Waals surface area contributed by atoms with Crippen molar-refractivity contribution in [3.8, 4) is 0 Å². The predicted octanol–water partition coefficient (Wildman–Crippen LogP) is 2.76. The van der Waals surface area contributed by atoms with Gasteiger partial charge >= 0.3 is 5.97 Å². The number of carbonyl (C=O) groups is 1. The summed E-state index contributed by atoms with van der Waals surface area (Å²) in [5.41, 5.74) is 0.0661. The molecule has 0 unspecified atom stereocenters. The molecule has 0 aromatic carbocycles. The number of hydrogen-bond donors (Lipinski definition) is 0. The number of fused-ring (bicyclic) bond motifs is 1. The van der Waals surface area contributed by atoms with Gasteiger partial charge in [-0.25, -0.2) is 0 Å². The molecule has 3 atom stereocenters. The van der Waals surface area contributed by atoms with Crippen LogP contribution in [0.15, 0.2) is 12.2 Å². The van der Waals surface area contributed by atoms with Crippen LogP contribution in [0.2, 0.25) is 0 Å². The Kier molecular flexibility index (Phi) is 3.66. The maximum Gasteiger partial charge on any atom is 0.314 e. The van der Waals surface area contributed by atoms with Gasteiger partial charge in [-0.2, -0.15) is 0 Å². The highest BCUT2D eigenvalue weighted by Crippen LogP contribution is 2.49. The van der Waals surface area contributed by atoms with Crippen LogP contribution >= 0.6 is 0 Å². The van der Waals surface area contributed by atoms with Gasteiger partial charge in [-0.3, -0.25) is 9.69 Å². The van der Waals surface area contributed by atoms with E-state index in [1.165, 1.54) is 45.6 Å². The van der Waals surface area contributed by atoms with Gasteiger partial charge in [0.15, 0.2) is 0 Å². The van der Waals surface area contributed by atoms with Gasteiger partial charge < -0.3 is 4.74 Å². The quantitative estimate of drug-likeness (QED) is 0.567. The van der Waals surface area contributed by atoms with E-state index in [9.17, 15) is 4.79 Å². The van der Waals surface area contributed by atoms with Gasteiger partial charge in [0.2, 0.25) is 0 Å². The molecule has 3 rings (SSSR count). The molecule has 106 valence electrons. The zero-order valence-corrected chi connectivity index (χ0v) is 11.9. The second-order valence-electron chi connectivity index (χ2n) is 6.29. The van der Waals surface area contributed by atoms with Crippen LogP contribution in [0, 0.1) is 11.8 Å². The minimum atomic E-state index is -0.0466. The third-order valence-corrected chi connectivity index (χ3v) is 5.52. The summed E-state index contributed by atoms with van der Waals surface area (Å²) < 4.78 is 5.11. The maximum absolute atomic E-state index is 12.3. The number of carbonyl (C=O) groups excluding carboxylic acids is 1. The number of methoxy groups -OCH3 is 1. The number of esters is 1. The minimum absolute atomic E-state index is 0.0326. The molecule has 0 aromatic heterocycles. The molecule has 1 saturated heterocycles. The highest BCUT2D eigenvalue weighted by Gasteiger charge is 2.54. The third kappa shape index (κ3) is 2.03. The molecule has 0 amide bonds. The summed E-state index contributed by atoms with van der Waals surface area (Å²) in [6.07, 6.45) is 13.1. The van der Waals surface area contributed by atoms with E-state index in [-0.39, 0.29) is 17.4 Å². The van der Waals surface area contributed by atoms with E-state index in [4.69, 9.17) is 4.74 Å². The number of rotatable bonds is 2. The average Bonchev–Trinajstić information content (AvgIpc) is 3.00. The van der Waals surface area contributed by atoms with Gasteiger partial charge in [0.25, 0.3) is 0 Å². The Morgan fingerprint density at radius 1 is 1.26 bits per heavy atom. The summed E-state index contributed by atoms with van der Waals surface area (Å²) >= 11 is 0. The smallest absolute Gasteiger partial charge is 0.314 e. The summed E-state index contributed by atoms with van der Waals surface area (Å²) in [6.45, 7) is 2.33. The number of nitrogens with zero attached hydrogens (tertiary/aromatic N) is 1. The molecule has 19 heavy (non-hydrogen) atoms. The zero-order chi connectivity index (χ0) is 13.3. The van der Waals surface area contributed by atoms with Crippen molar-refractivity contribution in [3.05, 3.63) is 12.2 Å². The summed E-state index contributed by atoms with van der Waals surface area (Å²) in [4.78, 5) is 14.9. The normalized spacial score (nSPS) is 39.0. The molecule has 0 N–H and O–H groups in total. The van der Waals surface area contributed by atoms with Crippen molar-refractivity contribution in [3.63, 3.8) is 0 Å². The van der Waals surface area contributed by atoms with E-state index in [1.54, 1.807) is 0 Å². The van der Waals surface area contributed by atoms with Gasteiger partial charge in [0.05, 0.1) is 13.0 Å². The second kappa shape index (κ2) is 5.28. The molecule has 1 heterocycles. The Hall–Kier alpha value is -0.830. The lowest BCUT2D eigenvalue weighted by atomic mass is 9.61. The molecule has 2 aliphatic carbocycles. The summed E-state index contributed by atoms with van der Waals surface area (Å²) in [5, 5.41) is 0. The SMILES string of the molecule is COC(=O)[C@@H]1C=CC[C@@H]2CCCC[C@@]21N1CCCC1. The molecule has 3 heteroatoms. The first kappa shape index (κ1) is 13.2. The van der Waals surface area contributed by atoms with Gasteiger partial charge in [0.1, 0.15) is 0 Å². The lowest BCUT2D eigenvalue weighted by Crippen LogP contribution is -2.61. The van der Waals surface area contributed by atoms with Crippen LogP contribution in [0.4, 0.5) is 0 Å². The molecule has 3 nitrogen and oxygen atoms in total. The fraction of sp³-hybridized carbons (Fsp3) is 0.812. The minimum Gasteiger partial charge on any atom is -0.469 e. The fourth-order valence-corrected chi connectivity index (χ4v) is 4.69. The molecule has 2 fully saturated rings. The molecular weight excluding hydrogens is 238 g/mol. The van der Waals surface area contributed by atoms with Crippen LogP contribution in [-0.4, -0.2) is 36.6 Å². The monoisotopic (exact) mass is 263 g/mol. The van der Waals surface area contributed by atoms with Crippen molar-refractivity contribution >= 4 is 5.97 Å². The van der Waals surface area contributed by atoms with E-state index >= 15 is 0 Å². The Labute approximate surface area is 116 Å². The Morgan fingerprint density at radius 2 is 2.05 bits per heavy atom. The largest absolute Gasteiger partial charge is 0.469 e. The van der Waals surface area contributed by atoms with Crippen molar-refractivity contribution in [2.45, 2.75) is 50.5 Å². The second-order valence-corrected chi connectivity index (χ2v) is 6.29. The highest BCUT2D eigenvalue weighted by molar-refractivity contribution is 5.76. The van der Waals surface area contributed by atoms with Gasteiger partial charge in [0, 0.05) is 5.54 Å². The molecule has 1 aliphatic heterocycles. The molecule has 0 spiro atoms. The standard InChI is InChI=1S/C16H25NO2/c1-19-15(18)14-9-6-8-13-7-2-3-10-16(13,14)17-11-4-5-12-17/h6,9,13-14H,2-5,7-8,10-12H2,1H3/t13-,14-,16+/m0/s1. The number of ether oxygens (including phenoxy) is 1. The Morgan fingerprint density at radius 3 is 2.79 bits per heavy atom. The van der Waals surface area contributed by atoms with Crippen LogP contribution < -0.4 is 0 Å². The first-order valence-corrected chi connectivity index (χ1v) is 7.78. The zero-order valence-electron chi connectivity index (χ0n) is 11.9. The average molecular weight is 263 g/mol. The van der Waals surface area contributed by atoms with Crippen molar-refractivity contribution in [2.24, 2.45) is 11.8 Å². The van der Waals surface area contributed by atoms with E-state index in [0.29, 0.717) is 5.92 Å². The Balaban J connectivity index is 1.98.